The van der Waals surface area contributed by atoms with Gasteiger partial charge in [0.1, 0.15) is 13.2 Å². The van der Waals surface area contributed by atoms with Crippen molar-refractivity contribution in [2.24, 2.45) is 0 Å². The van der Waals surface area contributed by atoms with E-state index < -0.39 is 6.10 Å². The van der Waals surface area contributed by atoms with Gasteiger partial charge in [0.15, 0.2) is 6.10 Å². The summed E-state index contributed by atoms with van der Waals surface area (Å²) in [5.74, 6) is -0.863. The minimum absolute atomic E-state index is 0.0736. The summed E-state index contributed by atoms with van der Waals surface area (Å²) < 4.78 is 16.9. The van der Waals surface area contributed by atoms with Crippen molar-refractivity contribution in [2.45, 2.75) is 380 Å². The second-order valence-electron chi connectivity index (χ2n) is 23.4. The maximum Gasteiger partial charge on any atom is 0.306 e. The second kappa shape index (κ2) is 66.9. The number of hydrogen-bond acceptors (Lipinski definition) is 6. The van der Waals surface area contributed by atoms with Crippen LogP contribution in [0.3, 0.4) is 0 Å². The van der Waals surface area contributed by atoms with E-state index in [9.17, 15) is 14.4 Å². The van der Waals surface area contributed by atoms with Crippen molar-refractivity contribution in [1.29, 1.82) is 0 Å². The van der Waals surface area contributed by atoms with Crippen LogP contribution in [0.5, 0.6) is 0 Å². The summed E-state index contributed by atoms with van der Waals surface area (Å²) in [6, 6.07) is 0. The lowest BCUT2D eigenvalue weighted by Gasteiger charge is -2.18. The molecule has 1 atom stereocenters. The number of ether oxygens (including phenoxy) is 3. The summed E-state index contributed by atoms with van der Waals surface area (Å²) >= 11 is 0. The summed E-state index contributed by atoms with van der Waals surface area (Å²) in [6.45, 7) is 6.66. The van der Waals surface area contributed by atoms with E-state index in [2.05, 4.69) is 69.4 Å². The predicted molar refractivity (Wildman–Crippen MR) is 339 cm³/mol. The molecule has 0 bridgehead atoms. The summed E-state index contributed by atoms with van der Waals surface area (Å²) in [6.07, 6.45) is 84.3. The number of rotatable bonds is 64. The molecule has 0 aromatic rings. The van der Waals surface area contributed by atoms with Gasteiger partial charge in [0.05, 0.1) is 0 Å². The molecule has 0 aliphatic rings. The molecule has 0 N–H and O–H groups in total. The topological polar surface area (TPSA) is 78.9 Å². The van der Waals surface area contributed by atoms with Crippen molar-refractivity contribution in [2.75, 3.05) is 13.2 Å². The third-order valence-corrected chi connectivity index (χ3v) is 15.6. The Morgan fingerprint density at radius 1 is 0.256 bits per heavy atom. The van der Waals surface area contributed by atoms with Crippen molar-refractivity contribution in [1.82, 2.24) is 0 Å². The highest BCUT2D eigenvalue weighted by atomic mass is 16.6. The van der Waals surface area contributed by atoms with Crippen LogP contribution in [0, 0.1) is 0 Å². The zero-order chi connectivity index (χ0) is 56.4. The van der Waals surface area contributed by atoms with E-state index in [0.29, 0.717) is 19.3 Å². The molecule has 0 saturated heterocycles. The first-order valence-corrected chi connectivity index (χ1v) is 34.6. The van der Waals surface area contributed by atoms with E-state index in [0.717, 1.165) is 89.9 Å². The van der Waals surface area contributed by atoms with E-state index in [4.69, 9.17) is 14.2 Å². The summed E-state index contributed by atoms with van der Waals surface area (Å²) in [5, 5.41) is 0. The molecule has 1 unspecified atom stereocenters. The van der Waals surface area contributed by atoms with Gasteiger partial charge in [0.2, 0.25) is 0 Å². The van der Waals surface area contributed by atoms with Crippen LogP contribution < -0.4 is 0 Å². The lowest BCUT2D eigenvalue weighted by molar-refractivity contribution is -0.167. The van der Waals surface area contributed by atoms with Crippen LogP contribution in [0.4, 0.5) is 0 Å². The number of esters is 3. The van der Waals surface area contributed by atoms with Crippen molar-refractivity contribution in [3.8, 4) is 0 Å². The van der Waals surface area contributed by atoms with Gasteiger partial charge in [0, 0.05) is 19.3 Å². The standard InChI is InChI=1S/C72H132O6/c1-4-7-10-13-16-19-22-25-27-29-30-31-32-33-34-35-36-37-38-39-40-41-42-43-45-47-50-53-56-59-62-65-71(74)77-68-69(67-76-70(73)64-61-58-55-52-49-46-24-21-18-15-12-9-6-3)78-72(75)66-63-60-57-54-51-48-44-28-26-23-20-17-14-11-8-5-2/h20,22-23,25,28-30,44,69H,4-19,21,24,26-27,31-43,45-68H2,1-3H3/b23-20-,25-22-,30-29-,44-28-. The number of unbranched alkanes of at least 4 members (excludes halogenated alkanes) is 45. The summed E-state index contributed by atoms with van der Waals surface area (Å²) in [5.41, 5.74) is 0. The molecule has 0 spiro atoms. The van der Waals surface area contributed by atoms with Crippen LogP contribution in [0.2, 0.25) is 0 Å². The van der Waals surface area contributed by atoms with Gasteiger partial charge in [-0.15, -0.1) is 0 Å². The average molecular weight is 1090 g/mol. The van der Waals surface area contributed by atoms with Gasteiger partial charge in [-0.3, -0.25) is 14.4 Å². The van der Waals surface area contributed by atoms with E-state index in [1.807, 2.05) is 0 Å². The van der Waals surface area contributed by atoms with Gasteiger partial charge in [-0.1, -0.05) is 320 Å². The highest BCUT2D eigenvalue weighted by molar-refractivity contribution is 5.71. The predicted octanol–water partition coefficient (Wildman–Crippen LogP) is 23.7. The van der Waals surface area contributed by atoms with Gasteiger partial charge < -0.3 is 14.2 Å². The second-order valence-corrected chi connectivity index (χ2v) is 23.4. The molecule has 0 rings (SSSR count). The Balaban J connectivity index is 4.15. The molecular formula is C72H132O6. The average Bonchev–Trinajstić information content (AvgIpc) is 3.44. The molecular weight excluding hydrogens is 961 g/mol. The van der Waals surface area contributed by atoms with Gasteiger partial charge in [0.25, 0.3) is 0 Å². The number of hydrogen-bond donors (Lipinski definition) is 0. The fourth-order valence-corrected chi connectivity index (χ4v) is 10.3. The Morgan fingerprint density at radius 3 is 0.718 bits per heavy atom. The minimum Gasteiger partial charge on any atom is -0.462 e. The molecule has 6 nitrogen and oxygen atoms in total. The molecule has 0 fully saturated rings. The maximum atomic E-state index is 12.9. The Labute approximate surface area is 486 Å². The van der Waals surface area contributed by atoms with Crippen molar-refractivity contribution >= 4 is 17.9 Å². The molecule has 0 aromatic carbocycles. The van der Waals surface area contributed by atoms with Crippen LogP contribution in [0.1, 0.15) is 374 Å². The smallest absolute Gasteiger partial charge is 0.306 e. The molecule has 0 radical (unpaired) electrons. The van der Waals surface area contributed by atoms with E-state index in [1.165, 1.54) is 244 Å². The fraction of sp³-hybridized carbons (Fsp3) is 0.847. The highest BCUT2D eigenvalue weighted by Crippen LogP contribution is 2.18. The number of allylic oxidation sites excluding steroid dienone is 8. The quantitative estimate of drug-likeness (QED) is 0.0261. The zero-order valence-electron chi connectivity index (χ0n) is 52.5. The summed E-state index contributed by atoms with van der Waals surface area (Å²) in [4.78, 5) is 38.3. The number of carbonyl (C=O) groups is 3. The first kappa shape index (κ1) is 75.4. The lowest BCUT2D eigenvalue weighted by Crippen LogP contribution is -2.30. The Bertz CT molecular complexity index is 1350. The summed E-state index contributed by atoms with van der Waals surface area (Å²) in [7, 11) is 0. The molecule has 0 aliphatic carbocycles. The fourth-order valence-electron chi connectivity index (χ4n) is 10.3. The van der Waals surface area contributed by atoms with E-state index in [-0.39, 0.29) is 31.1 Å². The first-order valence-electron chi connectivity index (χ1n) is 34.6. The van der Waals surface area contributed by atoms with Crippen molar-refractivity contribution < 1.29 is 28.6 Å². The zero-order valence-corrected chi connectivity index (χ0v) is 52.5. The van der Waals surface area contributed by atoms with Crippen LogP contribution in [-0.4, -0.2) is 37.2 Å². The van der Waals surface area contributed by atoms with Crippen molar-refractivity contribution in [3.05, 3.63) is 48.6 Å². The van der Waals surface area contributed by atoms with E-state index in [1.54, 1.807) is 0 Å². The van der Waals surface area contributed by atoms with Gasteiger partial charge in [-0.25, -0.2) is 0 Å². The Kier molecular flexibility index (Phi) is 64.6. The molecule has 0 aromatic heterocycles. The third-order valence-electron chi connectivity index (χ3n) is 15.6. The van der Waals surface area contributed by atoms with Crippen LogP contribution in [-0.2, 0) is 28.6 Å². The molecule has 0 amide bonds. The Hall–Kier alpha value is -2.63. The third kappa shape index (κ3) is 64.2. The molecule has 0 saturated carbocycles. The highest BCUT2D eigenvalue weighted by Gasteiger charge is 2.19. The monoisotopic (exact) mass is 1090 g/mol. The lowest BCUT2D eigenvalue weighted by atomic mass is 10.0. The molecule has 0 aliphatic heterocycles. The SMILES string of the molecule is CCCCCC/C=C\C/C=C\CCCCCCCC(=O)OC(COC(=O)CCCCCCCCCCCCCCC)COC(=O)CCCCCCCCCCCCCCCCCCCCC/C=C\C/C=C\CCCCCCC. The molecule has 6 heteroatoms. The largest absolute Gasteiger partial charge is 0.462 e. The number of carbonyl (C=O) groups excluding carboxylic acids is 3. The Morgan fingerprint density at radius 2 is 0.462 bits per heavy atom. The van der Waals surface area contributed by atoms with E-state index >= 15 is 0 Å². The van der Waals surface area contributed by atoms with Gasteiger partial charge >= 0.3 is 17.9 Å². The van der Waals surface area contributed by atoms with Gasteiger partial charge in [-0.05, 0) is 83.5 Å². The molecule has 78 heavy (non-hydrogen) atoms. The maximum absolute atomic E-state index is 12.9. The van der Waals surface area contributed by atoms with Crippen LogP contribution in [0.25, 0.3) is 0 Å². The van der Waals surface area contributed by atoms with Crippen LogP contribution in [0.15, 0.2) is 48.6 Å². The minimum atomic E-state index is -0.778. The van der Waals surface area contributed by atoms with Crippen molar-refractivity contribution in [3.63, 3.8) is 0 Å². The molecule has 456 valence electrons. The normalized spacial score (nSPS) is 12.3. The van der Waals surface area contributed by atoms with Gasteiger partial charge in [-0.2, -0.15) is 0 Å². The first-order chi connectivity index (χ1) is 38.5. The molecule has 0 heterocycles. The van der Waals surface area contributed by atoms with Crippen LogP contribution >= 0.6 is 0 Å².